The van der Waals surface area contributed by atoms with E-state index in [2.05, 4.69) is 10.3 Å². The molecule has 0 atom stereocenters. The second-order valence-electron chi connectivity index (χ2n) is 3.72. The topological polar surface area (TPSA) is 62.0 Å². The van der Waals surface area contributed by atoms with Crippen molar-refractivity contribution < 1.29 is 4.79 Å². The largest absolute Gasteiger partial charge is 0.321 e. The van der Waals surface area contributed by atoms with E-state index < -0.39 is 0 Å². The van der Waals surface area contributed by atoms with E-state index in [0.29, 0.717) is 11.6 Å². The first-order chi connectivity index (χ1) is 8.69. The van der Waals surface area contributed by atoms with Crippen LogP contribution in [-0.2, 0) is 5.88 Å². The van der Waals surface area contributed by atoms with Gasteiger partial charge in [-0.1, -0.05) is 18.2 Å². The van der Waals surface area contributed by atoms with Crippen molar-refractivity contribution in [1.29, 1.82) is 0 Å². The number of H-pyrrole nitrogens is 1. The molecule has 0 aliphatic heterocycles. The number of anilines is 1. The van der Waals surface area contributed by atoms with Crippen molar-refractivity contribution in [3.8, 4) is 0 Å². The molecule has 0 spiro atoms. The smallest absolute Gasteiger partial charge is 0.272 e. The van der Waals surface area contributed by atoms with Crippen LogP contribution in [0.25, 0.3) is 0 Å². The highest BCUT2D eigenvalue weighted by molar-refractivity contribution is 6.17. The molecule has 0 radical (unpaired) electrons. The summed E-state index contributed by atoms with van der Waals surface area (Å²) in [6, 6.07) is 11.6. The molecule has 0 saturated heterocycles. The van der Waals surface area contributed by atoms with Gasteiger partial charge in [0.2, 0.25) is 5.56 Å². The summed E-state index contributed by atoms with van der Waals surface area (Å²) in [6.45, 7) is 0. The minimum Gasteiger partial charge on any atom is -0.321 e. The summed E-state index contributed by atoms with van der Waals surface area (Å²) in [6.07, 6.45) is 0. The highest BCUT2D eigenvalue weighted by atomic mass is 35.5. The molecular weight excluding hydrogens is 252 g/mol. The SMILES string of the molecule is O=C(Nc1cccc(CCl)c1)c1cccc(=O)[nH]1. The summed E-state index contributed by atoms with van der Waals surface area (Å²) < 4.78 is 0. The average molecular weight is 263 g/mol. The van der Waals surface area contributed by atoms with Crippen LogP contribution < -0.4 is 10.9 Å². The molecule has 0 fully saturated rings. The van der Waals surface area contributed by atoms with E-state index in [1.807, 2.05) is 6.07 Å². The van der Waals surface area contributed by atoms with Gasteiger partial charge in [-0.15, -0.1) is 11.6 Å². The Balaban J connectivity index is 2.18. The van der Waals surface area contributed by atoms with Crippen molar-refractivity contribution >= 4 is 23.2 Å². The Labute approximate surface area is 109 Å². The van der Waals surface area contributed by atoms with Crippen molar-refractivity contribution in [2.75, 3.05) is 5.32 Å². The van der Waals surface area contributed by atoms with E-state index in [9.17, 15) is 9.59 Å². The number of carbonyl (C=O) groups excluding carboxylic acids is 1. The summed E-state index contributed by atoms with van der Waals surface area (Å²) in [5.74, 6) is 0.0192. The molecule has 0 unspecified atom stereocenters. The van der Waals surface area contributed by atoms with Gasteiger partial charge in [0, 0.05) is 17.6 Å². The third-order valence-corrected chi connectivity index (χ3v) is 2.66. The van der Waals surface area contributed by atoms with Crippen molar-refractivity contribution in [2.45, 2.75) is 5.88 Å². The molecule has 2 N–H and O–H groups in total. The average Bonchev–Trinajstić information content (AvgIpc) is 2.39. The highest BCUT2D eigenvalue weighted by Gasteiger charge is 2.06. The molecule has 1 amide bonds. The lowest BCUT2D eigenvalue weighted by Gasteiger charge is -2.06. The fourth-order valence-corrected chi connectivity index (χ4v) is 1.68. The maximum Gasteiger partial charge on any atom is 0.272 e. The molecule has 4 nitrogen and oxygen atoms in total. The Kier molecular flexibility index (Phi) is 3.79. The first-order valence-electron chi connectivity index (χ1n) is 5.34. The number of benzene rings is 1. The molecule has 0 saturated carbocycles. The number of pyridine rings is 1. The second-order valence-corrected chi connectivity index (χ2v) is 3.98. The lowest BCUT2D eigenvalue weighted by atomic mass is 10.2. The Bertz CT molecular complexity index is 622. The van der Waals surface area contributed by atoms with Gasteiger partial charge in [0.25, 0.3) is 5.91 Å². The predicted molar refractivity (Wildman–Crippen MR) is 71.0 cm³/mol. The highest BCUT2D eigenvalue weighted by Crippen LogP contribution is 2.13. The van der Waals surface area contributed by atoms with Crippen LogP contribution in [0.4, 0.5) is 5.69 Å². The number of nitrogens with one attached hydrogen (secondary N) is 2. The van der Waals surface area contributed by atoms with E-state index in [4.69, 9.17) is 11.6 Å². The van der Waals surface area contributed by atoms with Crippen LogP contribution in [0.2, 0.25) is 0 Å². The van der Waals surface area contributed by atoms with Gasteiger partial charge >= 0.3 is 0 Å². The molecular formula is C13H11ClN2O2. The summed E-state index contributed by atoms with van der Waals surface area (Å²) >= 11 is 5.71. The van der Waals surface area contributed by atoms with E-state index in [1.165, 1.54) is 12.1 Å². The molecule has 92 valence electrons. The van der Waals surface area contributed by atoms with Crippen LogP contribution >= 0.6 is 11.6 Å². The van der Waals surface area contributed by atoms with E-state index in [1.54, 1.807) is 24.3 Å². The fraction of sp³-hybridized carbons (Fsp3) is 0.0769. The molecule has 0 aliphatic carbocycles. The third-order valence-electron chi connectivity index (χ3n) is 2.35. The molecule has 2 aromatic rings. The van der Waals surface area contributed by atoms with Crippen molar-refractivity contribution in [2.24, 2.45) is 0 Å². The minimum atomic E-state index is -0.362. The standard InChI is InChI=1S/C13H11ClN2O2/c14-8-9-3-1-4-10(7-9)15-13(18)11-5-2-6-12(17)16-11/h1-7H,8H2,(H,15,18)(H,16,17). The lowest BCUT2D eigenvalue weighted by molar-refractivity contribution is 0.102. The number of aromatic amines is 1. The predicted octanol–water partition coefficient (Wildman–Crippen LogP) is 2.37. The second kappa shape index (κ2) is 5.51. The van der Waals surface area contributed by atoms with Crippen LogP contribution in [0.5, 0.6) is 0 Å². The van der Waals surface area contributed by atoms with Crippen LogP contribution in [0, 0.1) is 0 Å². The van der Waals surface area contributed by atoms with Gasteiger partial charge in [-0.05, 0) is 23.8 Å². The molecule has 18 heavy (non-hydrogen) atoms. The molecule has 1 aromatic carbocycles. The molecule has 1 heterocycles. The van der Waals surface area contributed by atoms with E-state index in [-0.39, 0.29) is 17.2 Å². The minimum absolute atomic E-state index is 0.221. The van der Waals surface area contributed by atoms with Crippen LogP contribution in [-0.4, -0.2) is 10.9 Å². The van der Waals surface area contributed by atoms with Crippen molar-refractivity contribution in [3.63, 3.8) is 0 Å². The quantitative estimate of drug-likeness (QED) is 0.834. The summed E-state index contributed by atoms with van der Waals surface area (Å²) in [5.41, 5.74) is 1.47. The maximum absolute atomic E-state index is 11.9. The number of aromatic nitrogens is 1. The fourth-order valence-electron chi connectivity index (χ4n) is 1.51. The van der Waals surface area contributed by atoms with Gasteiger partial charge in [0.05, 0.1) is 0 Å². The van der Waals surface area contributed by atoms with E-state index >= 15 is 0 Å². The third kappa shape index (κ3) is 2.99. The maximum atomic E-state index is 11.9. The van der Waals surface area contributed by atoms with Gasteiger partial charge < -0.3 is 10.3 Å². The first kappa shape index (κ1) is 12.4. The summed E-state index contributed by atoms with van der Waals surface area (Å²) in [7, 11) is 0. The molecule has 5 heteroatoms. The van der Waals surface area contributed by atoms with E-state index in [0.717, 1.165) is 5.56 Å². The van der Waals surface area contributed by atoms with Crippen LogP contribution in [0.3, 0.4) is 0 Å². The lowest BCUT2D eigenvalue weighted by Crippen LogP contribution is -2.17. The normalized spacial score (nSPS) is 10.1. The Morgan fingerprint density at radius 3 is 2.72 bits per heavy atom. The molecule has 0 aliphatic rings. The summed E-state index contributed by atoms with van der Waals surface area (Å²) in [5, 5.41) is 2.69. The number of carbonyl (C=O) groups is 1. The first-order valence-corrected chi connectivity index (χ1v) is 5.88. The number of rotatable bonds is 3. The van der Waals surface area contributed by atoms with Gasteiger partial charge in [-0.3, -0.25) is 9.59 Å². The zero-order valence-electron chi connectivity index (χ0n) is 9.44. The Morgan fingerprint density at radius 2 is 2.00 bits per heavy atom. The molecule has 2 rings (SSSR count). The monoisotopic (exact) mass is 262 g/mol. The number of amides is 1. The zero-order valence-corrected chi connectivity index (χ0v) is 10.2. The van der Waals surface area contributed by atoms with Gasteiger partial charge in [-0.25, -0.2) is 0 Å². The van der Waals surface area contributed by atoms with Crippen LogP contribution in [0.15, 0.2) is 47.3 Å². The molecule has 1 aromatic heterocycles. The van der Waals surface area contributed by atoms with Gasteiger partial charge in [-0.2, -0.15) is 0 Å². The van der Waals surface area contributed by atoms with Crippen LogP contribution in [0.1, 0.15) is 16.1 Å². The number of hydrogen-bond acceptors (Lipinski definition) is 2. The number of halogens is 1. The Morgan fingerprint density at radius 1 is 1.22 bits per heavy atom. The number of alkyl halides is 1. The zero-order chi connectivity index (χ0) is 13.0. The van der Waals surface area contributed by atoms with Gasteiger partial charge in [0.15, 0.2) is 0 Å². The van der Waals surface area contributed by atoms with Crippen molar-refractivity contribution in [3.05, 3.63) is 64.1 Å². The number of hydrogen-bond donors (Lipinski definition) is 2. The summed E-state index contributed by atoms with van der Waals surface area (Å²) in [4.78, 5) is 25.4. The molecule has 0 bridgehead atoms. The van der Waals surface area contributed by atoms with Crippen molar-refractivity contribution in [1.82, 2.24) is 4.98 Å². The Hall–Kier alpha value is -2.07. The van der Waals surface area contributed by atoms with Gasteiger partial charge in [0.1, 0.15) is 5.69 Å².